The van der Waals surface area contributed by atoms with Crippen LogP contribution in [0.4, 0.5) is 4.79 Å². The minimum absolute atomic E-state index is 0.0248. The number of carbonyl (C=O) groups is 4. The second-order valence-corrected chi connectivity index (χ2v) is 13.9. The minimum Gasteiger partial charge on any atom is -0.508 e. The standard InChI is InChI=1S/C38H49N3O8/c1-8-22-41(34(45)30(40-36(47)49-38(5,6)7)23-26-14-18-28(42)19-15-26)32(27-16-20-29(43)21-17-27)33(44)39-31(35(46)48-37(2,3)4)24-25-12-10-9-11-13-25/h9-21,30-32,42-43H,8,22-24H2,1-7H3,(H,39,44)(H,40,47). The van der Waals surface area contributed by atoms with Crippen molar-refractivity contribution in [2.75, 3.05) is 6.54 Å². The van der Waals surface area contributed by atoms with Crippen molar-refractivity contribution in [2.45, 2.75) is 97.1 Å². The molecule has 0 heterocycles. The van der Waals surface area contributed by atoms with Gasteiger partial charge in [-0.25, -0.2) is 9.59 Å². The van der Waals surface area contributed by atoms with Crippen LogP contribution in [-0.2, 0) is 36.7 Å². The lowest BCUT2D eigenvalue weighted by molar-refractivity contribution is -0.159. The van der Waals surface area contributed by atoms with Crippen molar-refractivity contribution in [3.63, 3.8) is 0 Å². The van der Waals surface area contributed by atoms with E-state index in [9.17, 15) is 29.4 Å². The SMILES string of the molecule is CCCN(C(=O)C(Cc1ccc(O)cc1)NC(=O)OC(C)(C)C)C(C(=O)NC(Cc1ccccc1)C(=O)OC(C)(C)C)c1ccc(O)cc1. The number of carbonyl (C=O) groups excluding carboxylic acids is 4. The fraction of sp³-hybridized carbons (Fsp3) is 0.421. The van der Waals surface area contributed by atoms with Crippen LogP contribution in [-0.4, -0.2) is 68.8 Å². The highest BCUT2D eigenvalue weighted by Gasteiger charge is 2.38. The van der Waals surface area contributed by atoms with Crippen LogP contribution in [0.5, 0.6) is 11.5 Å². The van der Waals surface area contributed by atoms with Gasteiger partial charge in [0.05, 0.1) is 0 Å². The molecule has 3 aromatic carbocycles. The Labute approximate surface area is 288 Å². The summed E-state index contributed by atoms with van der Waals surface area (Å²) < 4.78 is 11.2. The Bertz CT molecular complexity index is 1550. The second kappa shape index (κ2) is 16.9. The van der Waals surface area contributed by atoms with Crippen molar-refractivity contribution in [3.05, 3.63) is 95.6 Å². The number of esters is 1. The molecule has 3 amide bonds. The van der Waals surface area contributed by atoms with E-state index in [1.54, 1.807) is 53.7 Å². The molecule has 0 bridgehead atoms. The van der Waals surface area contributed by atoms with Gasteiger partial charge in [-0.15, -0.1) is 0 Å². The molecular weight excluding hydrogens is 626 g/mol. The molecule has 11 heteroatoms. The highest BCUT2D eigenvalue weighted by atomic mass is 16.6. The third kappa shape index (κ3) is 12.5. The van der Waals surface area contributed by atoms with Crippen LogP contribution in [0.3, 0.4) is 0 Å². The molecule has 0 aromatic heterocycles. The minimum atomic E-state index is -1.27. The molecule has 0 saturated heterocycles. The van der Waals surface area contributed by atoms with Gasteiger partial charge in [0.25, 0.3) is 0 Å². The van der Waals surface area contributed by atoms with E-state index < -0.39 is 53.2 Å². The Hall–Kier alpha value is -5.06. The van der Waals surface area contributed by atoms with Crippen LogP contribution < -0.4 is 10.6 Å². The van der Waals surface area contributed by atoms with Gasteiger partial charge >= 0.3 is 12.1 Å². The first kappa shape index (κ1) is 38.4. The molecular formula is C38H49N3O8. The largest absolute Gasteiger partial charge is 0.508 e. The summed E-state index contributed by atoms with van der Waals surface area (Å²) in [5.41, 5.74) is 0.134. The maximum absolute atomic E-state index is 14.6. The van der Waals surface area contributed by atoms with Gasteiger partial charge in [0, 0.05) is 19.4 Å². The van der Waals surface area contributed by atoms with E-state index in [1.165, 1.54) is 41.3 Å². The first-order valence-electron chi connectivity index (χ1n) is 16.4. The van der Waals surface area contributed by atoms with E-state index in [-0.39, 0.29) is 30.9 Å². The fourth-order valence-electron chi connectivity index (χ4n) is 5.12. The molecule has 49 heavy (non-hydrogen) atoms. The third-order valence-corrected chi connectivity index (χ3v) is 7.17. The van der Waals surface area contributed by atoms with E-state index in [4.69, 9.17) is 9.47 Å². The van der Waals surface area contributed by atoms with Crippen molar-refractivity contribution < 1.29 is 38.9 Å². The molecule has 264 valence electrons. The second-order valence-electron chi connectivity index (χ2n) is 13.9. The molecule has 11 nitrogen and oxygen atoms in total. The number of amides is 3. The Kier molecular flexibility index (Phi) is 13.2. The molecule has 0 aliphatic carbocycles. The smallest absolute Gasteiger partial charge is 0.408 e. The van der Waals surface area contributed by atoms with Gasteiger partial charge in [-0.3, -0.25) is 9.59 Å². The number of ether oxygens (including phenoxy) is 2. The zero-order valence-corrected chi connectivity index (χ0v) is 29.4. The lowest BCUT2D eigenvalue weighted by Gasteiger charge is -2.35. The number of aromatic hydroxyl groups is 2. The summed E-state index contributed by atoms with van der Waals surface area (Å²) in [7, 11) is 0. The van der Waals surface area contributed by atoms with Crippen molar-refractivity contribution in [2.24, 2.45) is 0 Å². The van der Waals surface area contributed by atoms with Gasteiger partial charge < -0.3 is 35.2 Å². The Morgan fingerprint density at radius 2 is 1.20 bits per heavy atom. The van der Waals surface area contributed by atoms with Crippen LogP contribution in [0.15, 0.2) is 78.9 Å². The third-order valence-electron chi connectivity index (χ3n) is 7.17. The Morgan fingerprint density at radius 1 is 0.694 bits per heavy atom. The molecule has 3 atom stereocenters. The Morgan fingerprint density at radius 3 is 1.73 bits per heavy atom. The van der Waals surface area contributed by atoms with Crippen LogP contribution >= 0.6 is 0 Å². The highest BCUT2D eigenvalue weighted by molar-refractivity contribution is 5.94. The number of hydrogen-bond acceptors (Lipinski definition) is 8. The molecule has 0 aliphatic heterocycles. The Balaban J connectivity index is 2.07. The predicted molar refractivity (Wildman–Crippen MR) is 186 cm³/mol. The summed E-state index contributed by atoms with van der Waals surface area (Å²) in [5.74, 6) is -1.87. The van der Waals surface area contributed by atoms with E-state index in [0.29, 0.717) is 17.5 Å². The lowest BCUT2D eigenvalue weighted by Crippen LogP contribution is -2.55. The van der Waals surface area contributed by atoms with E-state index in [2.05, 4.69) is 10.6 Å². The highest BCUT2D eigenvalue weighted by Crippen LogP contribution is 2.26. The van der Waals surface area contributed by atoms with Gasteiger partial charge in [-0.2, -0.15) is 0 Å². The van der Waals surface area contributed by atoms with Gasteiger partial charge in [0.1, 0.15) is 40.8 Å². The van der Waals surface area contributed by atoms with Crippen molar-refractivity contribution >= 4 is 23.9 Å². The molecule has 0 saturated carbocycles. The molecule has 3 aromatic rings. The average Bonchev–Trinajstić information content (AvgIpc) is 3.00. The number of phenolic OH excluding ortho intramolecular Hbond substituents is 2. The van der Waals surface area contributed by atoms with Crippen LogP contribution in [0.25, 0.3) is 0 Å². The summed E-state index contributed by atoms with van der Waals surface area (Å²) in [6.07, 6.45) is -0.211. The number of benzene rings is 3. The molecule has 0 radical (unpaired) electrons. The summed E-state index contributed by atoms with van der Waals surface area (Å²) >= 11 is 0. The number of nitrogens with one attached hydrogen (secondary N) is 2. The zero-order valence-electron chi connectivity index (χ0n) is 29.4. The quantitative estimate of drug-likeness (QED) is 0.171. The van der Waals surface area contributed by atoms with Gasteiger partial charge in [-0.1, -0.05) is 61.5 Å². The summed E-state index contributed by atoms with van der Waals surface area (Å²) in [5, 5.41) is 25.4. The molecule has 0 spiro atoms. The maximum atomic E-state index is 14.6. The van der Waals surface area contributed by atoms with E-state index in [0.717, 1.165) is 5.56 Å². The monoisotopic (exact) mass is 675 g/mol. The molecule has 0 aliphatic rings. The first-order valence-corrected chi connectivity index (χ1v) is 16.4. The molecule has 0 fully saturated rings. The first-order chi connectivity index (χ1) is 23.0. The van der Waals surface area contributed by atoms with Crippen molar-refractivity contribution in [1.82, 2.24) is 15.5 Å². The number of nitrogens with zero attached hydrogens (tertiary/aromatic N) is 1. The number of hydrogen-bond donors (Lipinski definition) is 4. The average molecular weight is 676 g/mol. The number of phenols is 2. The zero-order chi connectivity index (χ0) is 36.4. The summed E-state index contributed by atoms with van der Waals surface area (Å²) in [4.78, 5) is 56.9. The summed E-state index contributed by atoms with van der Waals surface area (Å²) in [6.45, 7) is 12.3. The molecule has 3 unspecified atom stereocenters. The number of rotatable bonds is 13. The molecule has 4 N–H and O–H groups in total. The van der Waals surface area contributed by atoms with E-state index >= 15 is 0 Å². The lowest BCUT2D eigenvalue weighted by atomic mass is 9.99. The van der Waals surface area contributed by atoms with Gasteiger partial charge in [-0.05, 0) is 88.9 Å². The van der Waals surface area contributed by atoms with Crippen LogP contribution in [0, 0.1) is 0 Å². The van der Waals surface area contributed by atoms with Crippen molar-refractivity contribution in [3.8, 4) is 11.5 Å². The predicted octanol–water partition coefficient (Wildman–Crippen LogP) is 5.58. The van der Waals surface area contributed by atoms with Crippen LogP contribution in [0.2, 0.25) is 0 Å². The summed E-state index contributed by atoms with van der Waals surface area (Å²) in [6, 6.07) is 17.7. The van der Waals surface area contributed by atoms with Crippen LogP contribution in [0.1, 0.15) is 77.6 Å². The topological polar surface area (TPSA) is 154 Å². The maximum Gasteiger partial charge on any atom is 0.408 e. The molecule has 3 rings (SSSR count). The fourth-order valence-corrected chi connectivity index (χ4v) is 5.12. The van der Waals surface area contributed by atoms with Gasteiger partial charge in [0.15, 0.2) is 0 Å². The van der Waals surface area contributed by atoms with E-state index in [1.807, 2.05) is 37.3 Å². The van der Waals surface area contributed by atoms with Crippen molar-refractivity contribution in [1.29, 1.82) is 0 Å². The van der Waals surface area contributed by atoms with Gasteiger partial charge in [0.2, 0.25) is 11.8 Å². The normalized spacial score (nSPS) is 13.4. The number of alkyl carbamates (subject to hydrolysis) is 1.